The molecule has 1 aromatic carbocycles. The maximum absolute atomic E-state index is 11.4. The highest BCUT2D eigenvalue weighted by molar-refractivity contribution is 5.88. The van der Waals surface area contributed by atoms with Crippen molar-refractivity contribution in [3.63, 3.8) is 0 Å². The second-order valence-electron chi connectivity index (χ2n) is 6.26. The number of nitrogens with one attached hydrogen (secondary N) is 2. The first-order valence-corrected chi connectivity index (χ1v) is 7.78. The number of fused-ring (bicyclic) bond motifs is 2. The average Bonchev–Trinajstić information content (AvgIpc) is 2.91. The van der Waals surface area contributed by atoms with Crippen molar-refractivity contribution in [2.75, 3.05) is 6.54 Å². The van der Waals surface area contributed by atoms with Crippen LogP contribution < -0.4 is 11.1 Å². The summed E-state index contributed by atoms with van der Waals surface area (Å²) in [4.78, 5) is 23.8. The molecule has 23 heavy (non-hydrogen) atoms. The van der Waals surface area contributed by atoms with Crippen molar-refractivity contribution in [1.82, 2.24) is 10.3 Å². The maximum Gasteiger partial charge on any atom is 0.300 e. The summed E-state index contributed by atoms with van der Waals surface area (Å²) in [5, 5.41) is 12.3. The van der Waals surface area contributed by atoms with Gasteiger partial charge in [0.15, 0.2) is 0 Å². The van der Waals surface area contributed by atoms with Crippen molar-refractivity contribution in [2.24, 2.45) is 11.7 Å². The van der Waals surface area contributed by atoms with E-state index in [9.17, 15) is 4.79 Å². The second-order valence-corrected chi connectivity index (χ2v) is 6.26. The van der Waals surface area contributed by atoms with E-state index in [1.165, 1.54) is 22.0 Å². The van der Waals surface area contributed by atoms with Crippen LogP contribution in [0, 0.1) is 5.92 Å². The molecule has 2 aliphatic rings. The Hall–Kier alpha value is -2.34. The van der Waals surface area contributed by atoms with Crippen molar-refractivity contribution in [3.05, 3.63) is 35.5 Å². The number of aromatic nitrogens is 1. The Morgan fingerprint density at radius 2 is 2.09 bits per heavy atom. The normalized spacial score (nSPS) is 25.2. The third-order valence-electron chi connectivity index (χ3n) is 4.71. The van der Waals surface area contributed by atoms with Crippen LogP contribution in [0.15, 0.2) is 24.4 Å². The largest absolute Gasteiger partial charge is 0.481 e. The quantitative estimate of drug-likeness (QED) is 0.637. The van der Waals surface area contributed by atoms with Crippen LogP contribution in [-0.2, 0) is 16.0 Å². The lowest BCUT2D eigenvalue weighted by atomic mass is 9.73. The van der Waals surface area contributed by atoms with Gasteiger partial charge in [-0.15, -0.1) is 0 Å². The van der Waals surface area contributed by atoms with Gasteiger partial charge in [0.05, 0.1) is 5.92 Å². The molecule has 0 saturated carbocycles. The summed E-state index contributed by atoms with van der Waals surface area (Å²) in [6.45, 7) is 1.80. The number of carbonyl (C=O) groups is 2. The fraction of sp³-hybridized carbons (Fsp3) is 0.412. The summed E-state index contributed by atoms with van der Waals surface area (Å²) in [5.74, 6) is -0.659. The average molecular weight is 315 g/mol. The standard InChI is InChI=1S/C15H17N3O.C2H4O2/c16-15(19)9-4-11-10-2-1-3-12-14(10)8(6-17-12)5-13(11)18-7-9;1-2(3)4/h1-3,6,9,11,13,17-18H,4-5,7H2,(H2,16,19);1H3,(H,3,4)/t9?,11?,13-;/m1./s1. The number of amides is 1. The summed E-state index contributed by atoms with van der Waals surface area (Å²) in [7, 11) is 0. The summed E-state index contributed by atoms with van der Waals surface area (Å²) < 4.78 is 0. The van der Waals surface area contributed by atoms with E-state index in [-0.39, 0.29) is 11.8 Å². The number of carboxylic acid groups (broad SMARTS) is 1. The third-order valence-corrected chi connectivity index (χ3v) is 4.71. The Kier molecular flexibility index (Phi) is 4.09. The number of hydrogen-bond donors (Lipinski definition) is 4. The first kappa shape index (κ1) is 15.6. The zero-order valence-corrected chi connectivity index (χ0v) is 13.0. The van der Waals surface area contributed by atoms with Gasteiger partial charge >= 0.3 is 0 Å². The van der Waals surface area contributed by atoms with Gasteiger partial charge in [0.1, 0.15) is 0 Å². The molecular formula is C17H21N3O3. The minimum atomic E-state index is -0.833. The number of hydrogen-bond acceptors (Lipinski definition) is 3. The van der Waals surface area contributed by atoms with Gasteiger partial charge < -0.3 is 21.1 Å². The predicted molar refractivity (Wildman–Crippen MR) is 87.1 cm³/mol. The highest BCUT2D eigenvalue weighted by Crippen LogP contribution is 2.41. The van der Waals surface area contributed by atoms with Gasteiger partial charge in [-0.25, -0.2) is 0 Å². The minimum absolute atomic E-state index is 0.0444. The number of H-pyrrole nitrogens is 1. The lowest BCUT2D eigenvalue weighted by Crippen LogP contribution is -2.49. The van der Waals surface area contributed by atoms with Crippen molar-refractivity contribution >= 4 is 22.8 Å². The molecule has 1 aromatic heterocycles. The molecule has 1 amide bonds. The number of carboxylic acids is 1. The van der Waals surface area contributed by atoms with Crippen LogP contribution >= 0.6 is 0 Å². The number of nitrogens with two attached hydrogens (primary N) is 1. The lowest BCUT2D eigenvalue weighted by molar-refractivity contribution is -0.134. The molecule has 0 bridgehead atoms. The van der Waals surface area contributed by atoms with Gasteiger partial charge in [-0.2, -0.15) is 0 Å². The third kappa shape index (κ3) is 2.94. The van der Waals surface area contributed by atoms with Gasteiger partial charge in [0.2, 0.25) is 5.91 Å². The molecule has 6 heteroatoms. The Balaban J connectivity index is 0.000000354. The zero-order valence-electron chi connectivity index (χ0n) is 13.0. The predicted octanol–water partition coefficient (Wildman–Crippen LogP) is 1.36. The molecule has 2 aromatic rings. The number of aliphatic carboxylic acids is 1. The Bertz CT molecular complexity index is 749. The molecule has 5 N–H and O–H groups in total. The molecular weight excluding hydrogens is 294 g/mol. The van der Waals surface area contributed by atoms with Crippen LogP contribution in [0.5, 0.6) is 0 Å². The molecule has 6 nitrogen and oxygen atoms in total. The van der Waals surface area contributed by atoms with Gasteiger partial charge in [-0.05, 0) is 30.0 Å². The molecule has 3 atom stereocenters. The minimum Gasteiger partial charge on any atom is -0.481 e. The number of benzene rings is 1. The fourth-order valence-corrected chi connectivity index (χ4v) is 3.76. The van der Waals surface area contributed by atoms with E-state index < -0.39 is 5.97 Å². The molecule has 1 fully saturated rings. The van der Waals surface area contributed by atoms with Crippen LogP contribution in [0.2, 0.25) is 0 Å². The molecule has 4 rings (SSSR count). The molecule has 2 heterocycles. The lowest BCUT2D eigenvalue weighted by Gasteiger charge is -2.39. The summed E-state index contributed by atoms with van der Waals surface area (Å²) >= 11 is 0. The molecule has 1 aliphatic heterocycles. The number of aromatic amines is 1. The zero-order chi connectivity index (χ0) is 16.6. The first-order chi connectivity index (χ1) is 11.0. The smallest absolute Gasteiger partial charge is 0.300 e. The van der Waals surface area contributed by atoms with E-state index in [4.69, 9.17) is 15.6 Å². The van der Waals surface area contributed by atoms with Crippen LogP contribution in [0.1, 0.15) is 30.4 Å². The second kappa shape index (κ2) is 6.04. The number of rotatable bonds is 1. The van der Waals surface area contributed by atoms with E-state index in [1.54, 1.807) is 0 Å². The Morgan fingerprint density at radius 1 is 1.35 bits per heavy atom. The van der Waals surface area contributed by atoms with Crippen LogP contribution in [0.25, 0.3) is 10.9 Å². The number of primary amides is 1. The van der Waals surface area contributed by atoms with E-state index in [1.807, 2.05) is 0 Å². The molecule has 0 radical (unpaired) electrons. The molecule has 2 unspecified atom stereocenters. The highest BCUT2D eigenvalue weighted by Gasteiger charge is 2.37. The number of carbonyl (C=O) groups excluding carboxylic acids is 1. The molecule has 1 saturated heterocycles. The summed E-state index contributed by atoms with van der Waals surface area (Å²) in [6.07, 6.45) is 4.02. The van der Waals surface area contributed by atoms with Crippen LogP contribution in [0.3, 0.4) is 0 Å². The first-order valence-electron chi connectivity index (χ1n) is 7.78. The van der Waals surface area contributed by atoms with E-state index >= 15 is 0 Å². The van der Waals surface area contributed by atoms with Gasteiger partial charge in [0, 0.05) is 42.5 Å². The van der Waals surface area contributed by atoms with Gasteiger partial charge in [-0.1, -0.05) is 12.1 Å². The topological polar surface area (TPSA) is 108 Å². The van der Waals surface area contributed by atoms with Gasteiger partial charge in [0.25, 0.3) is 5.97 Å². The Labute approximate surface area is 134 Å². The monoisotopic (exact) mass is 315 g/mol. The molecule has 122 valence electrons. The van der Waals surface area contributed by atoms with Crippen molar-refractivity contribution < 1.29 is 14.7 Å². The van der Waals surface area contributed by atoms with Crippen LogP contribution in [-0.4, -0.2) is 34.6 Å². The summed E-state index contributed by atoms with van der Waals surface area (Å²) in [6, 6.07) is 6.84. The maximum atomic E-state index is 11.4. The SMILES string of the molecule is CC(=O)O.NC(=O)C1CN[C@@H]2Cc3c[nH]c4cccc(c34)C2C1. The summed E-state index contributed by atoms with van der Waals surface area (Å²) in [5.41, 5.74) is 9.43. The van der Waals surface area contributed by atoms with Crippen LogP contribution in [0.4, 0.5) is 0 Å². The van der Waals surface area contributed by atoms with Crippen molar-refractivity contribution in [1.29, 1.82) is 0 Å². The highest BCUT2D eigenvalue weighted by atomic mass is 16.4. The molecule has 0 spiro atoms. The fourth-order valence-electron chi connectivity index (χ4n) is 3.76. The molecule has 1 aliphatic carbocycles. The van der Waals surface area contributed by atoms with E-state index in [0.717, 1.165) is 19.8 Å². The Morgan fingerprint density at radius 3 is 2.78 bits per heavy atom. The van der Waals surface area contributed by atoms with Gasteiger partial charge in [-0.3, -0.25) is 9.59 Å². The van der Waals surface area contributed by atoms with E-state index in [0.29, 0.717) is 18.5 Å². The van der Waals surface area contributed by atoms with Crippen molar-refractivity contribution in [3.8, 4) is 0 Å². The number of piperidine rings is 1. The van der Waals surface area contributed by atoms with E-state index in [2.05, 4.69) is 34.7 Å². The van der Waals surface area contributed by atoms with Crippen molar-refractivity contribution in [2.45, 2.75) is 31.7 Å².